The second-order valence-corrected chi connectivity index (χ2v) is 5.75. The number of rotatable bonds is 5. The summed E-state index contributed by atoms with van der Waals surface area (Å²) in [6.45, 7) is 3.62. The summed E-state index contributed by atoms with van der Waals surface area (Å²) in [4.78, 5) is 12.4. The molecule has 1 aromatic heterocycles. The molecule has 26 heavy (non-hydrogen) atoms. The molecule has 0 aliphatic carbocycles. The van der Waals surface area contributed by atoms with E-state index in [1.807, 2.05) is 25.1 Å². The van der Waals surface area contributed by atoms with Gasteiger partial charge < -0.3 is 14.6 Å². The van der Waals surface area contributed by atoms with Gasteiger partial charge in [0.05, 0.1) is 11.3 Å². The molecule has 1 heterocycles. The number of hydrogen-bond acceptors (Lipinski definition) is 4. The summed E-state index contributed by atoms with van der Waals surface area (Å²) in [5.41, 5.74) is 1.14. The van der Waals surface area contributed by atoms with Gasteiger partial charge in [-0.2, -0.15) is 0 Å². The number of aryl methyl sites for hydroxylation is 2. The number of hydrogen-bond donors (Lipinski definition) is 1. The molecule has 0 spiro atoms. The number of amides is 1. The zero-order valence-electron chi connectivity index (χ0n) is 14.2. The Labute approximate surface area is 148 Å². The molecule has 0 atom stereocenters. The Morgan fingerprint density at radius 2 is 2.00 bits per heavy atom. The largest absolute Gasteiger partial charge is 0.489 e. The van der Waals surface area contributed by atoms with Gasteiger partial charge in [0.1, 0.15) is 29.8 Å². The summed E-state index contributed by atoms with van der Waals surface area (Å²) in [5, 5.41) is 6.01. The van der Waals surface area contributed by atoms with Crippen LogP contribution >= 0.6 is 0 Å². The van der Waals surface area contributed by atoms with Crippen LogP contribution in [0.5, 0.6) is 5.75 Å². The SMILES string of the molecule is Cc1cccc(OCc2c(C(=O)Nc3cc(F)ccc3F)noc2C)c1. The number of anilines is 1. The fourth-order valence-corrected chi connectivity index (χ4v) is 2.37. The van der Waals surface area contributed by atoms with Crippen LogP contribution in [0.1, 0.15) is 27.4 Å². The first-order chi connectivity index (χ1) is 12.4. The summed E-state index contributed by atoms with van der Waals surface area (Å²) in [6.07, 6.45) is 0. The lowest BCUT2D eigenvalue weighted by atomic mass is 10.2. The summed E-state index contributed by atoms with van der Waals surface area (Å²) in [5.74, 6) is -1.09. The standard InChI is InChI=1S/C19H16F2N2O3/c1-11-4-3-5-14(8-11)25-10-15-12(2)26-23-18(15)19(24)22-17-9-13(20)6-7-16(17)21/h3-9H,10H2,1-2H3,(H,22,24). The van der Waals surface area contributed by atoms with E-state index < -0.39 is 17.5 Å². The highest BCUT2D eigenvalue weighted by molar-refractivity contribution is 6.03. The van der Waals surface area contributed by atoms with Crippen LogP contribution in [0.25, 0.3) is 0 Å². The first-order valence-electron chi connectivity index (χ1n) is 7.85. The Hall–Kier alpha value is -3.22. The molecule has 0 saturated carbocycles. The van der Waals surface area contributed by atoms with E-state index in [0.717, 1.165) is 23.8 Å². The maximum atomic E-state index is 13.7. The molecule has 0 unspecified atom stereocenters. The van der Waals surface area contributed by atoms with Crippen molar-refractivity contribution in [1.82, 2.24) is 5.16 Å². The van der Waals surface area contributed by atoms with Crippen molar-refractivity contribution in [1.29, 1.82) is 0 Å². The molecule has 134 valence electrons. The predicted molar refractivity (Wildman–Crippen MR) is 91.1 cm³/mol. The van der Waals surface area contributed by atoms with Crippen LogP contribution in [-0.4, -0.2) is 11.1 Å². The molecule has 0 aliphatic rings. The third-order valence-corrected chi connectivity index (χ3v) is 3.75. The molecule has 0 aliphatic heterocycles. The van der Waals surface area contributed by atoms with Gasteiger partial charge in [-0.15, -0.1) is 0 Å². The van der Waals surface area contributed by atoms with Crippen molar-refractivity contribution in [2.45, 2.75) is 20.5 Å². The minimum absolute atomic E-state index is 0.0428. The maximum absolute atomic E-state index is 13.7. The molecule has 0 radical (unpaired) electrons. The molecule has 0 saturated heterocycles. The fourth-order valence-electron chi connectivity index (χ4n) is 2.37. The minimum atomic E-state index is -0.752. The van der Waals surface area contributed by atoms with Crippen molar-refractivity contribution in [3.05, 3.63) is 76.7 Å². The summed E-state index contributed by atoms with van der Waals surface area (Å²) >= 11 is 0. The first kappa shape index (κ1) is 17.6. The minimum Gasteiger partial charge on any atom is -0.489 e. The third kappa shape index (κ3) is 3.88. The van der Waals surface area contributed by atoms with Gasteiger partial charge >= 0.3 is 0 Å². The Morgan fingerprint density at radius 3 is 2.77 bits per heavy atom. The van der Waals surface area contributed by atoms with Crippen molar-refractivity contribution < 1.29 is 22.8 Å². The Morgan fingerprint density at radius 1 is 1.19 bits per heavy atom. The van der Waals surface area contributed by atoms with E-state index in [9.17, 15) is 13.6 Å². The van der Waals surface area contributed by atoms with Gasteiger partial charge in [0.15, 0.2) is 5.69 Å². The number of halogens is 2. The van der Waals surface area contributed by atoms with Crippen molar-refractivity contribution in [2.75, 3.05) is 5.32 Å². The van der Waals surface area contributed by atoms with Gasteiger partial charge in [-0.25, -0.2) is 8.78 Å². The summed E-state index contributed by atoms with van der Waals surface area (Å²) in [6, 6.07) is 10.2. The van der Waals surface area contributed by atoms with Crippen LogP contribution in [0.4, 0.5) is 14.5 Å². The molecule has 0 bridgehead atoms. The van der Waals surface area contributed by atoms with E-state index in [0.29, 0.717) is 17.1 Å². The van der Waals surface area contributed by atoms with Crippen LogP contribution < -0.4 is 10.1 Å². The van der Waals surface area contributed by atoms with Gasteiger partial charge in [-0.1, -0.05) is 17.3 Å². The lowest BCUT2D eigenvalue weighted by Gasteiger charge is -2.08. The molecule has 5 nitrogen and oxygen atoms in total. The van der Waals surface area contributed by atoms with Gasteiger partial charge in [-0.05, 0) is 43.7 Å². The summed E-state index contributed by atoms with van der Waals surface area (Å²) in [7, 11) is 0. The number of benzene rings is 2. The highest BCUT2D eigenvalue weighted by Crippen LogP contribution is 2.21. The predicted octanol–water partition coefficient (Wildman–Crippen LogP) is 4.40. The molecule has 7 heteroatoms. The Bertz CT molecular complexity index is 954. The average Bonchev–Trinajstić information content (AvgIpc) is 2.97. The average molecular weight is 358 g/mol. The van der Waals surface area contributed by atoms with Crippen molar-refractivity contribution in [3.8, 4) is 5.75 Å². The van der Waals surface area contributed by atoms with E-state index in [4.69, 9.17) is 9.26 Å². The quantitative estimate of drug-likeness (QED) is 0.734. The zero-order valence-corrected chi connectivity index (χ0v) is 14.2. The Kier molecular flexibility index (Phi) is 4.97. The molecule has 3 rings (SSSR count). The number of nitrogens with one attached hydrogen (secondary N) is 1. The lowest BCUT2D eigenvalue weighted by Crippen LogP contribution is -2.16. The van der Waals surface area contributed by atoms with Crippen LogP contribution in [-0.2, 0) is 6.61 Å². The number of aromatic nitrogens is 1. The number of carbonyl (C=O) groups excluding carboxylic acids is 1. The van der Waals surface area contributed by atoms with Crippen LogP contribution in [0.2, 0.25) is 0 Å². The molecular weight excluding hydrogens is 342 g/mol. The first-order valence-corrected chi connectivity index (χ1v) is 7.85. The number of carbonyl (C=O) groups is 1. The van der Waals surface area contributed by atoms with Crippen LogP contribution in [0, 0.1) is 25.5 Å². The highest BCUT2D eigenvalue weighted by atomic mass is 19.1. The molecule has 3 aromatic rings. The number of ether oxygens (including phenoxy) is 1. The van der Waals surface area contributed by atoms with E-state index in [-0.39, 0.29) is 18.0 Å². The number of nitrogens with zero attached hydrogens (tertiary/aromatic N) is 1. The fraction of sp³-hybridized carbons (Fsp3) is 0.158. The maximum Gasteiger partial charge on any atom is 0.278 e. The molecule has 0 fully saturated rings. The Balaban J connectivity index is 1.78. The molecule has 1 N–H and O–H groups in total. The van der Waals surface area contributed by atoms with Crippen LogP contribution in [0.15, 0.2) is 47.0 Å². The second kappa shape index (κ2) is 7.35. The summed E-state index contributed by atoms with van der Waals surface area (Å²) < 4.78 is 37.7. The molecule has 1 amide bonds. The van der Waals surface area contributed by atoms with E-state index >= 15 is 0 Å². The van der Waals surface area contributed by atoms with Crippen molar-refractivity contribution in [3.63, 3.8) is 0 Å². The topological polar surface area (TPSA) is 64.4 Å². The van der Waals surface area contributed by atoms with Gasteiger partial charge in [0.25, 0.3) is 5.91 Å². The van der Waals surface area contributed by atoms with Crippen molar-refractivity contribution in [2.24, 2.45) is 0 Å². The van der Waals surface area contributed by atoms with Gasteiger partial charge in [0.2, 0.25) is 0 Å². The van der Waals surface area contributed by atoms with Gasteiger partial charge in [-0.3, -0.25) is 4.79 Å². The zero-order chi connectivity index (χ0) is 18.7. The van der Waals surface area contributed by atoms with E-state index in [1.165, 1.54) is 0 Å². The van der Waals surface area contributed by atoms with E-state index in [1.54, 1.807) is 13.0 Å². The normalized spacial score (nSPS) is 10.6. The molecular formula is C19H16F2N2O3. The van der Waals surface area contributed by atoms with Crippen molar-refractivity contribution >= 4 is 11.6 Å². The van der Waals surface area contributed by atoms with E-state index in [2.05, 4.69) is 10.5 Å². The third-order valence-electron chi connectivity index (χ3n) is 3.75. The highest BCUT2D eigenvalue weighted by Gasteiger charge is 2.21. The molecule has 2 aromatic carbocycles. The second-order valence-electron chi connectivity index (χ2n) is 5.75. The monoisotopic (exact) mass is 358 g/mol. The van der Waals surface area contributed by atoms with Gasteiger partial charge in [0, 0.05) is 6.07 Å². The smallest absolute Gasteiger partial charge is 0.278 e. The van der Waals surface area contributed by atoms with Crippen LogP contribution in [0.3, 0.4) is 0 Å². The lowest BCUT2D eigenvalue weighted by molar-refractivity contribution is 0.101.